The molecule has 1 heterocycles. The van der Waals surface area contributed by atoms with Crippen molar-refractivity contribution in [3.8, 4) is 0 Å². The highest BCUT2D eigenvalue weighted by Gasteiger charge is 2.33. The zero-order valence-corrected chi connectivity index (χ0v) is 13.7. The molecule has 1 aliphatic rings. The van der Waals surface area contributed by atoms with Crippen LogP contribution >= 0.6 is 15.9 Å². The predicted molar refractivity (Wildman–Crippen MR) is 79.2 cm³/mol. The van der Waals surface area contributed by atoms with Crippen molar-refractivity contribution in [1.82, 2.24) is 0 Å². The van der Waals surface area contributed by atoms with Crippen molar-refractivity contribution in [1.29, 1.82) is 0 Å². The molecule has 0 bridgehead atoms. The smallest absolute Gasteiger partial charge is 0.326 e. The predicted octanol–water partition coefficient (Wildman–Crippen LogP) is 3.23. The summed E-state index contributed by atoms with van der Waals surface area (Å²) in [5.41, 5.74) is -0.852. The number of hydrogen-bond donors (Lipinski definition) is 1. The number of anilines is 1. The number of sulfone groups is 1. The summed E-state index contributed by atoms with van der Waals surface area (Å²) >= 11 is 2.82. The van der Waals surface area contributed by atoms with Gasteiger partial charge in [0.15, 0.2) is 9.84 Å². The van der Waals surface area contributed by atoms with Gasteiger partial charge in [0.25, 0.3) is 0 Å². The Labute approximate surface area is 134 Å². The molecule has 9 heteroatoms. The normalized spacial score (nSPS) is 20.8. The second-order valence-electron chi connectivity index (χ2n) is 5.21. The first-order chi connectivity index (χ1) is 10.1. The van der Waals surface area contributed by atoms with Gasteiger partial charge >= 0.3 is 6.18 Å². The highest BCUT2D eigenvalue weighted by molar-refractivity contribution is 9.10. The Morgan fingerprint density at radius 2 is 2.05 bits per heavy atom. The topological polar surface area (TPSA) is 63.2 Å². The van der Waals surface area contributed by atoms with Crippen molar-refractivity contribution in [3.63, 3.8) is 0 Å². The van der Waals surface area contributed by atoms with Crippen LogP contribution in [-0.4, -0.2) is 25.8 Å². The van der Waals surface area contributed by atoms with Crippen LogP contribution in [0.4, 0.5) is 18.9 Å². The number of nitrogens with one attached hydrogen (secondary N) is 1. The van der Waals surface area contributed by atoms with Crippen LogP contribution in [0.15, 0.2) is 22.7 Å². The molecule has 1 amide bonds. The molecule has 122 valence electrons. The van der Waals surface area contributed by atoms with Gasteiger partial charge in [0.2, 0.25) is 5.91 Å². The quantitative estimate of drug-likeness (QED) is 0.848. The maximum absolute atomic E-state index is 12.8. The van der Waals surface area contributed by atoms with E-state index in [9.17, 15) is 26.4 Å². The Balaban J connectivity index is 2.03. The monoisotopic (exact) mass is 399 g/mol. The van der Waals surface area contributed by atoms with Crippen molar-refractivity contribution in [2.24, 2.45) is 5.92 Å². The summed E-state index contributed by atoms with van der Waals surface area (Å²) in [4.78, 5) is 11.8. The zero-order valence-electron chi connectivity index (χ0n) is 11.3. The van der Waals surface area contributed by atoms with Gasteiger partial charge in [0, 0.05) is 16.6 Å². The highest BCUT2D eigenvalue weighted by atomic mass is 79.9. The van der Waals surface area contributed by atoms with Gasteiger partial charge in [-0.3, -0.25) is 4.79 Å². The lowest BCUT2D eigenvalue weighted by Gasteiger charge is -2.13. The number of carbonyl (C=O) groups excluding carboxylic acids is 1. The Bertz CT molecular complexity index is 688. The van der Waals surface area contributed by atoms with Crippen LogP contribution in [0.1, 0.15) is 18.4 Å². The summed E-state index contributed by atoms with van der Waals surface area (Å²) in [7, 11) is -3.08. The fraction of sp³-hybridized carbons (Fsp3) is 0.462. The number of amides is 1. The van der Waals surface area contributed by atoms with E-state index in [1.807, 2.05) is 0 Å². The second kappa shape index (κ2) is 6.19. The van der Waals surface area contributed by atoms with E-state index in [4.69, 9.17) is 0 Å². The molecule has 4 nitrogen and oxygen atoms in total. The van der Waals surface area contributed by atoms with Gasteiger partial charge in [-0.15, -0.1) is 0 Å². The largest absolute Gasteiger partial charge is 0.417 e. The molecular formula is C13H13BrF3NO3S. The van der Waals surface area contributed by atoms with Gasteiger partial charge in [-0.25, -0.2) is 8.42 Å². The molecule has 0 aliphatic carbocycles. The van der Waals surface area contributed by atoms with E-state index in [-0.39, 0.29) is 34.0 Å². The van der Waals surface area contributed by atoms with Crippen molar-refractivity contribution in [2.75, 3.05) is 16.8 Å². The molecule has 1 atom stereocenters. The first-order valence-electron chi connectivity index (χ1n) is 6.44. The van der Waals surface area contributed by atoms with Crippen molar-refractivity contribution < 1.29 is 26.4 Å². The number of rotatable bonds is 3. The van der Waals surface area contributed by atoms with Crippen molar-refractivity contribution >= 4 is 37.4 Å². The molecule has 1 aliphatic heterocycles. The standard InChI is InChI=1S/C13H13BrF3NO3S/c14-11-2-1-9(6-10(11)13(15,16)17)18-12(19)5-8-3-4-22(20,21)7-8/h1-2,6,8H,3-5,7H2,(H,18,19)/t8-/m1/s1. The van der Waals surface area contributed by atoms with Gasteiger partial charge in [-0.1, -0.05) is 15.9 Å². The van der Waals surface area contributed by atoms with E-state index in [1.165, 1.54) is 12.1 Å². The van der Waals surface area contributed by atoms with E-state index in [2.05, 4.69) is 21.2 Å². The minimum Gasteiger partial charge on any atom is -0.326 e. The third-order valence-electron chi connectivity index (χ3n) is 3.36. The van der Waals surface area contributed by atoms with Crippen LogP contribution in [0.3, 0.4) is 0 Å². The lowest BCUT2D eigenvalue weighted by Crippen LogP contribution is -2.18. The van der Waals surface area contributed by atoms with Crippen LogP contribution in [0.5, 0.6) is 0 Å². The molecule has 0 radical (unpaired) electrons. The van der Waals surface area contributed by atoms with Gasteiger partial charge in [0.1, 0.15) is 0 Å². The average Bonchev–Trinajstić information content (AvgIpc) is 2.69. The molecule has 0 aromatic heterocycles. The number of halogens is 4. The van der Waals surface area contributed by atoms with E-state index in [0.717, 1.165) is 6.07 Å². The number of benzene rings is 1. The lowest BCUT2D eigenvalue weighted by molar-refractivity contribution is -0.138. The van der Waals surface area contributed by atoms with E-state index < -0.39 is 27.5 Å². The van der Waals surface area contributed by atoms with Gasteiger partial charge in [-0.05, 0) is 30.5 Å². The zero-order chi connectivity index (χ0) is 16.5. The SMILES string of the molecule is O=C(C[C@H]1CCS(=O)(=O)C1)Nc1ccc(Br)c(C(F)(F)F)c1. The summed E-state index contributed by atoms with van der Waals surface area (Å²) in [6.07, 6.45) is -4.14. The molecule has 0 unspecified atom stereocenters. The van der Waals surface area contributed by atoms with Gasteiger partial charge in [-0.2, -0.15) is 13.2 Å². The number of alkyl halides is 3. The molecule has 1 aromatic carbocycles. The number of hydrogen-bond acceptors (Lipinski definition) is 3. The fourth-order valence-electron chi connectivity index (χ4n) is 2.33. The summed E-state index contributed by atoms with van der Waals surface area (Å²) in [5.74, 6) is -0.754. The molecule has 1 saturated heterocycles. The van der Waals surface area contributed by atoms with Crippen LogP contribution in [0, 0.1) is 5.92 Å². The summed E-state index contributed by atoms with van der Waals surface area (Å²) < 4.78 is 60.8. The van der Waals surface area contributed by atoms with Crippen LogP contribution in [-0.2, 0) is 20.8 Å². The van der Waals surface area contributed by atoms with E-state index in [0.29, 0.717) is 6.42 Å². The molecule has 0 spiro atoms. The van der Waals surface area contributed by atoms with Crippen LogP contribution in [0.25, 0.3) is 0 Å². The van der Waals surface area contributed by atoms with Crippen molar-refractivity contribution in [3.05, 3.63) is 28.2 Å². The Kier molecular flexibility index (Phi) is 4.86. The minimum atomic E-state index is -4.53. The molecular weight excluding hydrogens is 387 g/mol. The summed E-state index contributed by atoms with van der Waals surface area (Å²) in [6.45, 7) is 0. The molecule has 22 heavy (non-hydrogen) atoms. The van der Waals surface area contributed by atoms with Gasteiger partial charge < -0.3 is 5.32 Å². The first-order valence-corrected chi connectivity index (χ1v) is 9.05. The summed E-state index contributed by atoms with van der Waals surface area (Å²) in [5, 5.41) is 2.38. The second-order valence-corrected chi connectivity index (χ2v) is 8.30. The third-order valence-corrected chi connectivity index (χ3v) is 5.88. The summed E-state index contributed by atoms with van der Waals surface area (Å²) in [6, 6.07) is 3.40. The lowest BCUT2D eigenvalue weighted by atomic mass is 10.0. The maximum atomic E-state index is 12.8. The third kappa shape index (κ3) is 4.45. The Hall–Kier alpha value is -1.09. The Morgan fingerprint density at radius 1 is 1.36 bits per heavy atom. The fourth-order valence-corrected chi connectivity index (χ4v) is 4.66. The van der Waals surface area contributed by atoms with Crippen molar-refractivity contribution in [2.45, 2.75) is 19.0 Å². The van der Waals surface area contributed by atoms with E-state index in [1.54, 1.807) is 0 Å². The van der Waals surface area contributed by atoms with E-state index >= 15 is 0 Å². The molecule has 2 rings (SSSR count). The first kappa shape index (κ1) is 17.3. The van der Waals surface area contributed by atoms with Gasteiger partial charge in [0.05, 0.1) is 17.1 Å². The molecule has 1 fully saturated rings. The maximum Gasteiger partial charge on any atom is 0.417 e. The average molecular weight is 400 g/mol. The molecule has 1 aromatic rings. The van der Waals surface area contributed by atoms with Crippen LogP contribution in [0.2, 0.25) is 0 Å². The highest BCUT2D eigenvalue weighted by Crippen LogP contribution is 2.36. The van der Waals surface area contributed by atoms with Crippen LogP contribution < -0.4 is 5.32 Å². The number of carbonyl (C=O) groups is 1. The molecule has 0 saturated carbocycles. The molecule has 1 N–H and O–H groups in total. The minimum absolute atomic E-state index is 0.0172. The Morgan fingerprint density at radius 3 is 2.59 bits per heavy atom.